The molecule has 0 aliphatic carbocycles. The van der Waals surface area contributed by atoms with Gasteiger partial charge in [0.15, 0.2) is 6.10 Å². The third-order valence-corrected chi connectivity index (χ3v) is 6.58. The Balaban J connectivity index is 1.59. The molecule has 0 aromatic heterocycles. The van der Waals surface area contributed by atoms with Crippen LogP contribution in [0.15, 0.2) is 54.6 Å². The Bertz CT molecular complexity index is 1010. The largest absolute Gasteiger partial charge is 0.352 e. The zero-order valence-electron chi connectivity index (χ0n) is 18.7. The molecule has 174 valence electrons. The molecule has 33 heavy (non-hydrogen) atoms. The summed E-state index contributed by atoms with van der Waals surface area (Å²) in [7, 11) is 0. The van der Waals surface area contributed by atoms with Crippen molar-refractivity contribution in [2.24, 2.45) is 5.92 Å². The highest BCUT2D eigenvalue weighted by molar-refractivity contribution is 6.30. The number of hydroxylamine groups is 2. The second-order valence-electron chi connectivity index (χ2n) is 8.45. The monoisotopic (exact) mass is 469 g/mol. The molecule has 0 radical (unpaired) electrons. The second kappa shape index (κ2) is 10.0. The number of nitrogens with one attached hydrogen (secondary N) is 1. The van der Waals surface area contributed by atoms with Crippen LogP contribution in [0.1, 0.15) is 43.9 Å². The molecule has 0 bridgehead atoms. The van der Waals surface area contributed by atoms with Crippen LogP contribution in [-0.4, -0.2) is 46.4 Å². The van der Waals surface area contributed by atoms with Crippen molar-refractivity contribution in [3.63, 3.8) is 0 Å². The Morgan fingerprint density at radius 2 is 1.70 bits per heavy atom. The van der Waals surface area contributed by atoms with Gasteiger partial charge in [0.1, 0.15) is 6.54 Å². The highest BCUT2D eigenvalue weighted by atomic mass is 35.5. The first-order valence-corrected chi connectivity index (χ1v) is 11.7. The first-order valence-electron chi connectivity index (χ1n) is 11.3. The number of benzene rings is 2. The van der Waals surface area contributed by atoms with E-state index in [0.29, 0.717) is 5.02 Å². The third-order valence-electron chi connectivity index (χ3n) is 6.33. The Morgan fingerprint density at radius 3 is 2.33 bits per heavy atom. The van der Waals surface area contributed by atoms with Gasteiger partial charge < -0.3 is 5.32 Å². The molecule has 8 heteroatoms. The van der Waals surface area contributed by atoms with Gasteiger partial charge in [-0.1, -0.05) is 67.9 Å². The highest BCUT2D eigenvalue weighted by Crippen LogP contribution is 2.44. The average Bonchev–Trinajstić information content (AvgIpc) is 3.29. The fraction of sp³-hybridized carbons (Fsp3) is 0.400. The number of carbonyl (C=O) groups excluding carboxylic acids is 3. The zero-order chi connectivity index (χ0) is 23.5. The lowest BCUT2D eigenvalue weighted by atomic mass is 9.91. The zero-order valence-corrected chi connectivity index (χ0v) is 19.5. The van der Waals surface area contributed by atoms with Crippen LogP contribution in [0.2, 0.25) is 5.02 Å². The summed E-state index contributed by atoms with van der Waals surface area (Å²) in [6.07, 6.45) is 0.684. The summed E-state index contributed by atoms with van der Waals surface area (Å²) >= 11 is 6.07. The minimum absolute atomic E-state index is 0.0678. The Morgan fingerprint density at radius 1 is 1.03 bits per heavy atom. The van der Waals surface area contributed by atoms with Crippen LogP contribution >= 0.6 is 11.6 Å². The molecule has 2 aliphatic rings. The second-order valence-corrected chi connectivity index (χ2v) is 8.89. The van der Waals surface area contributed by atoms with Gasteiger partial charge in [0.05, 0.1) is 18.5 Å². The van der Waals surface area contributed by atoms with Crippen LogP contribution < -0.4 is 5.32 Å². The minimum atomic E-state index is -0.956. The van der Waals surface area contributed by atoms with Gasteiger partial charge in [-0.3, -0.25) is 24.1 Å². The number of likely N-dealkylation sites (tertiary alicyclic amines) is 1. The minimum Gasteiger partial charge on any atom is -0.352 e. The lowest BCUT2D eigenvalue weighted by Crippen LogP contribution is -2.43. The van der Waals surface area contributed by atoms with Crippen LogP contribution in [0.25, 0.3) is 0 Å². The van der Waals surface area contributed by atoms with Crippen LogP contribution in [0.3, 0.4) is 0 Å². The van der Waals surface area contributed by atoms with Crippen molar-refractivity contribution in [3.05, 3.63) is 70.7 Å². The summed E-state index contributed by atoms with van der Waals surface area (Å²) < 4.78 is 0. The SMILES string of the molecule is CCC(CC)NC(=O)CN1OC2C(=O)N(Cc3ccccc3)C(=O)C2C1c1ccc(Cl)cc1. The quantitative estimate of drug-likeness (QED) is 0.599. The molecule has 2 aliphatic heterocycles. The van der Waals surface area contributed by atoms with E-state index in [1.165, 1.54) is 9.96 Å². The summed E-state index contributed by atoms with van der Waals surface area (Å²) in [5.41, 5.74) is 1.63. The van der Waals surface area contributed by atoms with Crippen LogP contribution in [0.4, 0.5) is 0 Å². The van der Waals surface area contributed by atoms with Crippen LogP contribution in [-0.2, 0) is 25.8 Å². The predicted octanol–water partition coefficient (Wildman–Crippen LogP) is 3.49. The van der Waals surface area contributed by atoms with E-state index >= 15 is 0 Å². The van der Waals surface area contributed by atoms with E-state index in [0.717, 1.165) is 24.0 Å². The first kappa shape index (κ1) is 23.4. The van der Waals surface area contributed by atoms with Gasteiger partial charge in [-0.25, -0.2) is 0 Å². The molecule has 2 aromatic carbocycles. The summed E-state index contributed by atoms with van der Waals surface area (Å²) in [6.45, 7) is 4.15. The Hall–Kier alpha value is -2.74. The molecule has 2 saturated heterocycles. The summed E-state index contributed by atoms with van der Waals surface area (Å²) in [4.78, 5) is 46.5. The van der Waals surface area contributed by atoms with E-state index in [9.17, 15) is 14.4 Å². The van der Waals surface area contributed by atoms with Crippen molar-refractivity contribution in [3.8, 4) is 0 Å². The predicted molar refractivity (Wildman–Crippen MR) is 124 cm³/mol. The maximum absolute atomic E-state index is 13.4. The summed E-state index contributed by atoms with van der Waals surface area (Å²) in [5.74, 6) is -1.61. The molecule has 3 amide bonds. The lowest BCUT2D eigenvalue weighted by molar-refractivity contribution is -0.183. The van der Waals surface area contributed by atoms with E-state index in [2.05, 4.69) is 5.32 Å². The highest BCUT2D eigenvalue weighted by Gasteiger charge is 2.59. The molecule has 4 rings (SSSR count). The number of imide groups is 1. The molecular weight excluding hydrogens is 442 g/mol. The number of amides is 3. The van der Waals surface area contributed by atoms with Crippen molar-refractivity contribution >= 4 is 29.3 Å². The van der Waals surface area contributed by atoms with Gasteiger partial charge in [-0.05, 0) is 36.1 Å². The number of hydrogen-bond donors (Lipinski definition) is 1. The maximum atomic E-state index is 13.4. The normalized spacial score (nSPS) is 22.8. The van der Waals surface area contributed by atoms with Crippen LogP contribution in [0, 0.1) is 5.92 Å². The molecule has 0 spiro atoms. The maximum Gasteiger partial charge on any atom is 0.261 e. The van der Waals surface area contributed by atoms with E-state index in [4.69, 9.17) is 16.4 Å². The molecule has 2 heterocycles. The number of halogens is 1. The third kappa shape index (κ3) is 4.81. The van der Waals surface area contributed by atoms with Crippen molar-refractivity contribution in [2.75, 3.05) is 6.54 Å². The van der Waals surface area contributed by atoms with Crippen molar-refractivity contribution in [2.45, 2.75) is 51.4 Å². The molecule has 2 fully saturated rings. The van der Waals surface area contributed by atoms with Crippen molar-refractivity contribution < 1.29 is 19.2 Å². The first-order chi connectivity index (χ1) is 15.9. The smallest absolute Gasteiger partial charge is 0.261 e. The molecular formula is C25H28ClN3O4. The van der Waals surface area contributed by atoms with Gasteiger partial charge in [0, 0.05) is 11.1 Å². The molecule has 0 saturated carbocycles. The Labute approximate surface area is 198 Å². The lowest BCUT2D eigenvalue weighted by Gasteiger charge is -2.27. The molecule has 2 aromatic rings. The van der Waals surface area contributed by atoms with Gasteiger partial charge in [0.2, 0.25) is 11.8 Å². The van der Waals surface area contributed by atoms with Gasteiger partial charge in [0.25, 0.3) is 5.91 Å². The molecule has 1 N–H and O–H groups in total. The summed E-state index contributed by atoms with van der Waals surface area (Å²) in [6, 6.07) is 15.9. The van der Waals surface area contributed by atoms with Gasteiger partial charge in [-0.15, -0.1) is 0 Å². The molecule has 3 unspecified atom stereocenters. The fourth-order valence-electron chi connectivity index (χ4n) is 4.53. The van der Waals surface area contributed by atoms with Crippen molar-refractivity contribution in [1.29, 1.82) is 0 Å². The fourth-order valence-corrected chi connectivity index (χ4v) is 4.65. The topological polar surface area (TPSA) is 79.0 Å². The average molecular weight is 470 g/mol. The van der Waals surface area contributed by atoms with E-state index < -0.39 is 18.1 Å². The van der Waals surface area contributed by atoms with E-state index in [1.54, 1.807) is 12.1 Å². The molecule has 3 atom stereocenters. The van der Waals surface area contributed by atoms with Gasteiger partial charge >= 0.3 is 0 Å². The number of rotatable bonds is 8. The van der Waals surface area contributed by atoms with E-state index in [-0.39, 0.29) is 36.9 Å². The van der Waals surface area contributed by atoms with Crippen molar-refractivity contribution in [1.82, 2.24) is 15.3 Å². The number of carbonyl (C=O) groups is 3. The van der Waals surface area contributed by atoms with Crippen LogP contribution in [0.5, 0.6) is 0 Å². The summed E-state index contributed by atoms with van der Waals surface area (Å²) in [5, 5.41) is 5.03. The van der Waals surface area contributed by atoms with Gasteiger partial charge in [-0.2, -0.15) is 5.06 Å². The standard InChI is InChI=1S/C25H28ClN3O4/c1-3-19(4-2)27-20(30)15-29-22(17-10-12-18(26)13-11-17)21-23(33-29)25(32)28(24(21)31)14-16-8-6-5-7-9-16/h5-13,19,21-23H,3-4,14-15H2,1-2H3,(H,27,30). The number of fused-ring (bicyclic) bond motifs is 1. The number of nitrogens with zero attached hydrogens (tertiary/aromatic N) is 2. The Kier molecular flexibility index (Phi) is 7.12. The number of hydrogen-bond acceptors (Lipinski definition) is 5. The van der Waals surface area contributed by atoms with E-state index in [1.807, 2.05) is 56.3 Å². The molecule has 7 nitrogen and oxygen atoms in total.